The van der Waals surface area contributed by atoms with E-state index in [1.54, 1.807) is 18.2 Å². The number of carbonyl (C=O) groups excluding carboxylic acids is 1. The molecule has 1 amide bonds. The number of nitro benzene ring substituents is 1. The molecule has 0 bridgehead atoms. The molecular formula is C25H26N2O9. The quantitative estimate of drug-likeness (QED) is 0.316. The molecule has 11 nitrogen and oxygen atoms in total. The summed E-state index contributed by atoms with van der Waals surface area (Å²) in [5, 5.41) is 14.5. The highest BCUT2D eigenvalue weighted by atomic mass is 16.6. The van der Waals surface area contributed by atoms with Crippen molar-refractivity contribution in [1.29, 1.82) is 0 Å². The Hall–Kier alpha value is -4.67. The van der Waals surface area contributed by atoms with Gasteiger partial charge in [0.05, 0.1) is 47.6 Å². The Kier molecular flexibility index (Phi) is 8.05. The summed E-state index contributed by atoms with van der Waals surface area (Å²) in [7, 11) is 8.73. The van der Waals surface area contributed by atoms with Crippen LogP contribution in [0.25, 0.3) is 11.1 Å². The molecule has 36 heavy (non-hydrogen) atoms. The van der Waals surface area contributed by atoms with Crippen LogP contribution in [0, 0.1) is 10.1 Å². The minimum atomic E-state index is -0.599. The molecule has 0 saturated heterocycles. The predicted octanol–water partition coefficient (Wildman–Crippen LogP) is 4.57. The number of methoxy groups -OCH3 is 6. The Morgan fingerprint density at radius 3 is 1.58 bits per heavy atom. The average molecular weight is 498 g/mol. The molecule has 3 rings (SSSR count). The summed E-state index contributed by atoms with van der Waals surface area (Å²) >= 11 is 0. The van der Waals surface area contributed by atoms with Crippen molar-refractivity contribution in [3.8, 4) is 45.6 Å². The van der Waals surface area contributed by atoms with Gasteiger partial charge in [-0.25, -0.2) is 0 Å². The Morgan fingerprint density at radius 1 is 0.694 bits per heavy atom. The highest BCUT2D eigenvalue weighted by Crippen LogP contribution is 2.42. The van der Waals surface area contributed by atoms with Gasteiger partial charge in [-0.2, -0.15) is 0 Å². The molecule has 0 atom stereocenters. The molecule has 11 heteroatoms. The normalized spacial score (nSPS) is 10.3. The lowest BCUT2D eigenvalue weighted by Gasteiger charge is -2.15. The third kappa shape index (κ3) is 5.04. The van der Waals surface area contributed by atoms with Crippen molar-refractivity contribution < 1.29 is 38.1 Å². The second-order valence-corrected chi connectivity index (χ2v) is 7.27. The van der Waals surface area contributed by atoms with E-state index in [-0.39, 0.29) is 28.4 Å². The van der Waals surface area contributed by atoms with E-state index in [1.807, 2.05) is 0 Å². The number of benzene rings is 3. The van der Waals surface area contributed by atoms with E-state index in [1.165, 1.54) is 66.9 Å². The Labute approximate surface area is 207 Å². The maximum Gasteiger partial charge on any atom is 0.293 e. The van der Waals surface area contributed by atoms with E-state index >= 15 is 0 Å². The van der Waals surface area contributed by atoms with Gasteiger partial charge in [0.1, 0.15) is 5.69 Å². The minimum absolute atomic E-state index is 0.00921. The zero-order valence-electron chi connectivity index (χ0n) is 20.7. The Bertz CT molecular complexity index is 1240. The average Bonchev–Trinajstić information content (AvgIpc) is 2.90. The molecule has 0 spiro atoms. The molecule has 0 aromatic heterocycles. The number of hydrogen-bond acceptors (Lipinski definition) is 9. The molecular weight excluding hydrogens is 472 g/mol. The van der Waals surface area contributed by atoms with Crippen LogP contribution in [-0.2, 0) is 0 Å². The fourth-order valence-corrected chi connectivity index (χ4v) is 3.62. The van der Waals surface area contributed by atoms with Gasteiger partial charge >= 0.3 is 0 Å². The van der Waals surface area contributed by atoms with Gasteiger partial charge in [-0.15, -0.1) is 0 Å². The van der Waals surface area contributed by atoms with E-state index in [0.717, 1.165) is 0 Å². The Morgan fingerprint density at radius 2 is 1.17 bits per heavy atom. The van der Waals surface area contributed by atoms with Gasteiger partial charge in [-0.05, 0) is 41.5 Å². The summed E-state index contributed by atoms with van der Waals surface area (Å²) in [5.74, 6) is 1.45. The van der Waals surface area contributed by atoms with Crippen molar-refractivity contribution >= 4 is 17.3 Å². The zero-order chi connectivity index (χ0) is 26.4. The van der Waals surface area contributed by atoms with Gasteiger partial charge in [-0.1, -0.05) is 6.07 Å². The summed E-state index contributed by atoms with van der Waals surface area (Å²) < 4.78 is 31.9. The summed E-state index contributed by atoms with van der Waals surface area (Å²) in [5.41, 5.74) is 0.964. The third-order valence-electron chi connectivity index (χ3n) is 5.37. The van der Waals surface area contributed by atoms with Crippen LogP contribution in [0.2, 0.25) is 0 Å². The molecule has 190 valence electrons. The highest BCUT2D eigenvalue weighted by Gasteiger charge is 2.22. The van der Waals surface area contributed by atoms with Crippen molar-refractivity contribution in [1.82, 2.24) is 0 Å². The van der Waals surface area contributed by atoms with E-state index in [4.69, 9.17) is 28.4 Å². The first-order valence-corrected chi connectivity index (χ1v) is 10.5. The lowest BCUT2D eigenvalue weighted by atomic mass is 10.0. The highest BCUT2D eigenvalue weighted by molar-refractivity contribution is 6.06. The van der Waals surface area contributed by atoms with Crippen LogP contribution in [0.5, 0.6) is 34.5 Å². The molecule has 0 radical (unpaired) electrons. The van der Waals surface area contributed by atoms with Crippen molar-refractivity contribution in [2.24, 2.45) is 0 Å². The first-order valence-electron chi connectivity index (χ1n) is 10.5. The second kappa shape index (κ2) is 11.2. The first kappa shape index (κ1) is 25.9. The van der Waals surface area contributed by atoms with E-state index in [0.29, 0.717) is 34.1 Å². The summed E-state index contributed by atoms with van der Waals surface area (Å²) in [4.78, 5) is 24.3. The van der Waals surface area contributed by atoms with Crippen molar-refractivity contribution in [3.63, 3.8) is 0 Å². The number of amides is 1. The van der Waals surface area contributed by atoms with E-state index < -0.39 is 10.8 Å². The lowest BCUT2D eigenvalue weighted by Crippen LogP contribution is -2.14. The molecule has 0 heterocycles. The number of carbonyl (C=O) groups is 1. The number of rotatable bonds is 10. The van der Waals surface area contributed by atoms with E-state index in [9.17, 15) is 14.9 Å². The molecule has 0 saturated carbocycles. The van der Waals surface area contributed by atoms with Gasteiger partial charge in [0.25, 0.3) is 11.6 Å². The van der Waals surface area contributed by atoms with Crippen LogP contribution in [0.4, 0.5) is 11.4 Å². The van der Waals surface area contributed by atoms with Crippen LogP contribution in [-0.4, -0.2) is 53.5 Å². The smallest absolute Gasteiger partial charge is 0.293 e. The molecule has 0 unspecified atom stereocenters. The van der Waals surface area contributed by atoms with Crippen LogP contribution >= 0.6 is 0 Å². The van der Waals surface area contributed by atoms with Gasteiger partial charge in [-0.3, -0.25) is 14.9 Å². The SMILES string of the molecule is COc1cc(C(=O)Nc2ccc(-c3cc(OC)c(OC)c(OC)c3)cc2[N+](=O)[O-])cc(OC)c1OC. The predicted molar refractivity (Wildman–Crippen MR) is 132 cm³/mol. The van der Waals surface area contributed by atoms with E-state index in [2.05, 4.69) is 5.32 Å². The summed E-state index contributed by atoms with van der Waals surface area (Å²) in [6, 6.07) is 10.7. The number of hydrogen-bond donors (Lipinski definition) is 1. The van der Waals surface area contributed by atoms with Gasteiger partial charge in [0, 0.05) is 11.6 Å². The standard InChI is InChI=1S/C25H26N2O9/c1-31-19-10-15(11-20(32-2)23(19)35-5)14-7-8-17(18(9-14)27(29)30)26-25(28)16-12-21(33-3)24(36-6)22(13-16)34-4/h7-13H,1-6H3,(H,26,28). The van der Waals surface area contributed by atoms with Gasteiger partial charge in [0.2, 0.25) is 11.5 Å². The maximum absolute atomic E-state index is 13.0. The van der Waals surface area contributed by atoms with Crippen LogP contribution < -0.4 is 33.7 Å². The number of nitro groups is 1. The van der Waals surface area contributed by atoms with Crippen LogP contribution in [0.3, 0.4) is 0 Å². The van der Waals surface area contributed by atoms with Crippen molar-refractivity contribution in [3.05, 3.63) is 58.1 Å². The molecule has 3 aromatic rings. The molecule has 1 N–H and O–H groups in total. The third-order valence-corrected chi connectivity index (χ3v) is 5.37. The Balaban J connectivity index is 2.02. The summed E-state index contributed by atoms with van der Waals surface area (Å²) in [6.45, 7) is 0. The molecule has 0 aliphatic carbocycles. The lowest BCUT2D eigenvalue weighted by molar-refractivity contribution is -0.383. The maximum atomic E-state index is 13.0. The van der Waals surface area contributed by atoms with Crippen molar-refractivity contribution in [2.45, 2.75) is 0 Å². The van der Waals surface area contributed by atoms with Crippen LogP contribution in [0.15, 0.2) is 42.5 Å². The monoisotopic (exact) mass is 498 g/mol. The number of nitrogens with one attached hydrogen (secondary N) is 1. The number of anilines is 1. The van der Waals surface area contributed by atoms with Crippen molar-refractivity contribution in [2.75, 3.05) is 48.0 Å². The first-order chi connectivity index (χ1) is 17.3. The van der Waals surface area contributed by atoms with Gasteiger partial charge in [0.15, 0.2) is 23.0 Å². The minimum Gasteiger partial charge on any atom is -0.493 e. The number of nitrogens with zero attached hydrogens (tertiary/aromatic N) is 1. The van der Waals surface area contributed by atoms with Gasteiger partial charge < -0.3 is 33.7 Å². The zero-order valence-corrected chi connectivity index (χ0v) is 20.7. The molecule has 3 aromatic carbocycles. The second-order valence-electron chi connectivity index (χ2n) is 7.27. The molecule has 0 aliphatic heterocycles. The fourth-order valence-electron chi connectivity index (χ4n) is 3.62. The van der Waals surface area contributed by atoms with Crippen LogP contribution in [0.1, 0.15) is 10.4 Å². The number of ether oxygens (including phenoxy) is 6. The summed E-state index contributed by atoms with van der Waals surface area (Å²) in [6.07, 6.45) is 0. The topological polar surface area (TPSA) is 128 Å². The largest absolute Gasteiger partial charge is 0.493 e. The molecule has 0 fully saturated rings. The fraction of sp³-hybridized carbons (Fsp3) is 0.240. The molecule has 0 aliphatic rings.